The third-order valence-corrected chi connectivity index (χ3v) is 5.07. The molecule has 20 heavy (non-hydrogen) atoms. The second-order valence-corrected chi connectivity index (χ2v) is 7.16. The maximum Gasteiger partial charge on any atom is 0.263 e. The van der Waals surface area contributed by atoms with Crippen LogP contribution < -0.4 is 10.0 Å². The summed E-state index contributed by atoms with van der Waals surface area (Å²) in [4.78, 5) is 5.28. The zero-order valence-electron chi connectivity index (χ0n) is 11.4. The van der Waals surface area contributed by atoms with Crippen molar-refractivity contribution in [1.82, 2.24) is 10.3 Å². The van der Waals surface area contributed by atoms with Gasteiger partial charge in [-0.15, -0.1) is 11.3 Å². The van der Waals surface area contributed by atoms with Crippen LogP contribution in [0.4, 0.5) is 5.13 Å². The Hall–Kier alpha value is -1.44. The molecular weight excluding hydrogens is 294 g/mol. The molecule has 0 saturated carbocycles. The SMILES string of the molecule is CCNCc1ccccc1S(=O)(=O)Nc1ncc(C)s1. The van der Waals surface area contributed by atoms with Crippen LogP contribution in [-0.4, -0.2) is 19.9 Å². The Labute approximate surface area is 123 Å². The number of thiazole rings is 1. The van der Waals surface area contributed by atoms with Crippen molar-refractivity contribution in [2.24, 2.45) is 0 Å². The first kappa shape index (κ1) is 15.0. The highest BCUT2D eigenvalue weighted by Crippen LogP contribution is 2.22. The monoisotopic (exact) mass is 311 g/mol. The van der Waals surface area contributed by atoms with Crippen LogP contribution in [0, 0.1) is 6.92 Å². The Morgan fingerprint density at radius 2 is 2.05 bits per heavy atom. The van der Waals surface area contributed by atoms with Gasteiger partial charge in [0.1, 0.15) is 0 Å². The molecule has 0 atom stereocenters. The molecule has 0 aliphatic rings. The summed E-state index contributed by atoms with van der Waals surface area (Å²) in [6.07, 6.45) is 1.65. The smallest absolute Gasteiger partial charge is 0.263 e. The van der Waals surface area contributed by atoms with E-state index >= 15 is 0 Å². The van der Waals surface area contributed by atoms with Gasteiger partial charge in [-0.05, 0) is 25.1 Å². The summed E-state index contributed by atoms with van der Waals surface area (Å²) in [6, 6.07) is 6.97. The van der Waals surface area contributed by atoms with Gasteiger partial charge in [-0.3, -0.25) is 4.72 Å². The Balaban J connectivity index is 2.29. The largest absolute Gasteiger partial charge is 0.313 e. The molecular formula is C13H17N3O2S2. The molecule has 0 saturated heterocycles. The minimum absolute atomic E-state index is 0.286. The van der Waals surface area contributed by atoms with Gasteiger partial charge < -0.3 is 5.32 Å². The Morgan fingerprint density at radius 1 is 1.30 bits per heavy atom. The number of sulfonamides is 1. The van der Waals surface area contributed by atoms with Crippen LogP contribution >= 0.6 is 11.3 Å². The molecule has 0 unspecified atom stereocenters. The third-order valence-electron chi connectivity index (χ3n) is 2.67. The van der Waals surface area contributed by atoms with Gasteiger partial charge in [0.05, 0.1) is 4.90 Å². The average molecular weight is 311 g/mol. The first-order valence-electron chi connectivity index (χ1n) is 6.27. The van der Waals surface area contributed by atoms with E-state index in [0.29, 0.717) is 11.7 Å². The highest BCUT2D eigenvalue weighted by Gasteiger charge is 2.19. The Kier molecular flexibility index (Phi) is 4.74. The summed E-state index contributed by atoms with van der Waals surface area (Å²) < 4.78 is 27.4. The Bertz CT molecular complexity index is 680. The molecule has 0 amide bonds. The van der Waals surface area contributed by atoms with Crippen LogP contribution in [0.3, 0.4) is 0 Å². The van der Waals surface area contributed by atoms with E-state index in [1.807, 2.05) is 26.0 Å². The van der Waals surface area contributed by atoms with Gasteiger partial charge >= 0.3 is 0 Å². The number of hydrogen-bond acceptors (Lipinski definition) is 5. The summed E-state index contributed by atoms with van der Waals surface area (Å²) >= 11 is 1.32. The number of nitrogens with one attached hydrogen (secondary N) is 2. The van der Waals surface area contributed by atoms with Crippen molar-refractivity contribution in [3.8, 4) is 0 Å². The van der Waals surface area contributed by atoms with Crippen molar-refractivity contribution in [3.63, 3.8) is 0 Å². The van der Waals surface area contributed by atoms with Crippen LogP contribution in [0.2, 0.25) is 0 Å². The molecule has 0 aliphatic heterocycles. The fourth-order valence-corrected chi connectivity index (χ4v) is 3.89. The summed E-state index contributed by atoms with van der Waals surface area (Å²) in [5, 5.41) is 3.53. The van der Waals surface area contributed by atoms with Crippen LogP contribution in [0.25, 0.3) is 0 Å². The van der Waals surface area contributed by atoms with Gasteiger partial charge in [-0.1, -0.05) is 25.1 Å². The van der Waals surface area contributed by atoms with Crippen molar-refractivity contribution in [2.45, 2.75) is 25.3 Å². The average Bonchev–Trinajstić information content (AvgIpc) is 2.81. The molecule has 1 heterocycles. The van der Waals surface area contributed by atoms with E-state index in [9.17, 15) is 8.42 Å². The highest BCUT2D eigenvalue weighted by atomic mass is 32.2. The lowest BCUT2D eigenvalue weighted by molar-refractivity contribution is 0.598. The second-order valence-electron chi connectivity index (χ2n) is 4.27. The summed E-state index contributed by atoms with van der Waals surface area (Å²) in [6.45, 7) is 5.17. The highest BCUT2D eigenvalue weighted by molar-refractivity contribution is 7.93. The Morgan fingerprint density at radius 3 is 2.70 bits per heavy atom. The maximum absolute atomic E-state index is 12.4. The normalized spacial score (nSPS) is 11.5. The van der Waals surface area contributed by atoms with Crippen LogP contribution in [0.5, 0.6) is 0 Å². The lowest BCUT2D eigenvalue weighted by Gasteiger charge is -2.11. The number of rotatable bonds is 6. The molecule has 0 spiro atoms. The molecule has 0 fully saturated rings. The van der Waals surface area contributed by atoms with Gasteiger partial charge in [0.2, 0.25) is 0 Å². The van der Waals surface area contributed by atoms with Crippen molar-refractivity contribution < 1.29 is 8.42 Å². The van der Waals surface area contributed by atoms with E-state index in [1.54, 1.807) is 18.3 Å². The number of nitrogens with zero attached hydrogens (tertiary/aromatic N) is 1. The van der Waals surface area contributed by atoms with E-state index in [4.69, 9.17) is 0 Å². The van der Waals surface area contributed by atoms with E-state index < -0.39 is 10.0 Å². The van der Waals surface area contributed by atoms with Gasteiger partial charge in [0, 0.05) is 17.6 Å². The lowest BCUT2D eigenvalue weighted by atomic mass is 10.2. The molecule has 1 aromatic carbocycles. The number of aryl methyl sites for hydroxylation is 1. The zero-order chi connectivity index (χ0) is 14.6. The van der Waals surface area contributed by atoms with Crippen molar-refractivity contribution >= 4 is 26.5 Å². The fourth-order valence-electron chi connectivity index (χ4n) is 1.74. The molecule has 7 heteroatoms. The molecule has 5 nitrogen and oxygen atoms in total. The van der Waals surface area contributed by atoms with Crippen molar-refractivity contribution in [3.05, 3.63) is 40.9 Å². The van der Waals surface area contributed by atoms with Crippen molar-refractivity contribution in [1.29, 1.82) is 0 Å². The van der Waals surface area contributed by atoms with E-state index in [2.05, 4.69) is 15.0 Å². The predicted molar refractivity (Wildman–Crippen MR) is 81.5 cm³/mol. The van der Waals surface area contributed by atoms with Gasteiger partial charge in [-0.25, -0.2) is 13.4 Å². The van der Waals surface area contributed by atoms with E-state index in [0.717, 1.165) is 17.0 Å². The van der Waals surface area contributed by atoms with Gasteiger partial charge in [0.15, 0.2) is 5.13 Å². The first-order valence-corrected chi connectivity index (χ1v) is 8.57. The predicted octanol–water partition coefficient (Wildman–Crippen LogP) is 2.36. The molecule has 0 bridgehead atoms. The van der Waals surface area contributed by atoms with Gasteiger partial charge in [0.25, 0.3) is 10.0 Å². The number of aromatic nitrogens is 1. The number of hydrogen-bond donors (Lipinski definition) is 2. The topological polar surface area (TPSA) is 71.1 Å². The number of benzene rings is 1. The molecule has 108 valence electrons. The van der Waals surface area contributed by atoms with E-state index in [-0.39, 0.29) is 4.90 Å². The second kappa shape index (κ2) is 6.34. The molecule has 0 aliphatic carbocycles. The quantitative estimate of drug-likeness (QED) is 0.859. The minimum atomic E-state index is -3.60. The molecule has 2 rings (SSSR count). The third kappa shape index (κ3) is 3.56. The summed E-state index contributed by atoms with van der Waals surface area (Å²) in [5.74, 6) is 0. The van der Waals surface area contributed by atoms with Crippen molar-refractivity contribution in [2.75, 3.05) is 11.3 Å². The number of anilines is 1. The molecule has 2 N–H and O–H groups in total. The van der Waals surface area contributed by atoms with Crippen LogP contribution in [-0.2, 0) is 16.6 Å². The molecule has 1 aromatic heterocycles. The lowest BCUT2D eigenvalue weighted by Crippen LogP contribution is -2.18. The van der Waals surface area contributed by atoms with E-state index in [1.165, 1.54) is 11.3 Å². The van der Waals surface area contributed by atoms with Gasteiger partial charge in [-0.2, -0.15) is 0 Å². The molecule has 2 aromatic rings. The molecule has 0 radical (unpaired) electrons. The first-order chi connectivity index (χ1) is 9.53. The van der Waals surface area contributed by atoms with Crippen LogP contribution in [0.15, 0.2) is 35.4 Å². The maximum atomic E-state index is 12.4. The fraction of sp³-hybridized carbons (Fsp3) is 0.308. The zero-order valence-corrected chi connectivity index (χ0v) is 13.0. The standard InChI is InChI=1S/C13H17N3O2S2/c1-3-14-9-11-6-4-5-7-12(11)20(17,18)16-13-15-8-10(2)19-13/h4-8,14H,3,9H2,1-2H3,(H,15,16). The summed E-state index contributed by atoms with van der Waals surface area (Å²) in [7, 11) is -3.60. The minimum Gasteiger partial charge on any atom is -0.313 e. The summed E-state index contributed by atoms with van der Waals surface area (Å²) in [5.41, 5.74) is 0.745. The van der Waals surface area contributed by atoms with Crippen LogP contribution in [0.1, 0.15) is 17.4 Å².